The van der Waals surface area contributed by atoms with Crippen molar-refractivity contribution < 1.29 is 28.7 Å². The number of carboxylic acid groups (broad SMARTS) is 1. The third-order valence-corrected chi connectivity index (χ3v) is 5.77. The van der Waals surface area contributed by atoms with E-state index in [1.807, 2.05) is 32.9 Å². The van der Waals surface area contributed by atoms with Gasteiger partial charge in [-0.15, -0.1) is 0 Å². The highest BCUT2D eigenvalue weighted by molar-refractivity contribution is 9.09. The number of ether oxygens (including phenoxy) is 1. The smallest absolute Gasteiger partial charge is 0.338 e. The second-order valence-corrected chi connectivity index (χ2v) is 8.94. The molecule has 0 aromatic heterocycles. The highest BCUT2D eigenvalue weighted by atomic mass is 79.9. The van der Waals surface area contributed by atoms with Crippen molar-refractivity contribution in [1.29, 1.82) is 0 Å². The molecule has 3 unspecified atom stereocenters. The van der Waals surface area contributed by atoms with E-state index in [2.05, 4.69) is 25.9 Å². The van der Waals surface area contributed by atoms with Gasteiger partial charge in [-0.25, -0.2) is 14.0 Å². The number of rotatable bonds is 9. The Balaban J connectivity index is 2.37. The number of oxime groups is 1. The van der Waals surface area contributed by atoms with Gasteiger partial charge in [0.1, 0.15) is 7.11 Å². The molecule has 0 heterocycles. The molecule has 8 heteroatoms. The molecule has 0 saturated heterocycles. The van der Waals surface area contributed by atoms with E-state index < -0.39 is 29.0 Å². The molecule has 2 aromatic carbocycles. The summed E-state index contributed by atoms with van der Waals surface area (Å²) >= 11 is 3.43. The number of carbonyl (C=O) groups is 2. The maximum Gasteiger partial charge on any atom is 0.338 e. The quantitative estimate of drug-likeness (QED) is 0.220. The van der Waals surface area contributed by atoms with Gasteiger partial charge in [0.25, 0.3) is 0 Å². The van der Waals surface area contributed by atoms with Crippen LogP contribution < -0.4 is 0 Å². The fourth-order valence-corrected chi connectivity index (χ4v) is 4.32. The summed E-state index contributed by atoms with van der Waals surface area (Å²) in [5.74, 6) is -1.76. The van der Waals surface area contributed by atoms with Crippen LogP contribution in [0.2, 0.25) is 0 Å². The van der Waals surface area contributed by atoms with Crippen LogP contribution in [0.3, 0.4) is 0 Å². The van der Waals surface area contributed by atoms with Crippen LogP contribution in [-0.2, 0) is 16.0 Å². The van der Waals surface area contributed by atoms with Crippen LogP contribution in [0.25, 0.3) is 0 Å². The van der Waals surface area contributed by atoms with Gasteiger partial charge in [-0.1, -0.05) is 44.3 Å². The monoisotopic (exact) mass is 507 g/mol. The van der Waals surface area contributed by atoms with Crippen LogP contribution in [0, 0.1) is 27.7 Å². The molecule has 1 N–H and O–H groups in total. The normalized spacial score (nSPS) is 14.1. The van der Waals surface area contributed by atoms with Gasteiger partial charge in [-0.2, -0.15) is 0 Å². The lowest BCUT2D eigenvalue weighted by Gasteiger charge is -2.25. The second-order valence-electron chi connectivity index (χ2n) is 7.76. The molecule has 3 atom stereocenters. The Bertz CT molecular complexity index is 1000. The number of hydrogen-bond donors (Lipinski definition) is 1. The fourth-order valence-electron chi connectivity index (χ4n) is 3.60. The molecule has 0 bridgehead atoms. The SMILES string of the molecule is CON=CC(F)C(OC(=O)c1cc(C)cc(C)c1)C(Br)Cc1c(C)cc(C)cc1C(=O)O. The van der Waals surface area contributed by atoms with Crippen LogP contribution in [0.4, 0.5) is 4.39 Å². The Hall–Kier alpha value is -2.74. The molecule has 6 nitrogen and oxygen atoms in total. The number of alkyl halides is 2. The first kappa shape index (κ1) is 25.5. The highest BCUT2D eigenvalue weighted by Crippen LogP contribution is 2.26. The van der Waals surface area contributed by atoms with E-state index in [9.17, 15) is 14.7 Å². The lowest BCUT2D eigenvalue weighted by molar-refractivity contribution is 0.0168. The molecule has 0 saturated carbocycles. The average molecular weight is 508 g/mol. The number of aryl methyl sites for hydroxylation is 4. The number of hydrogen-bond acceptors (Lipinski definition) is 5. The topological polar surface area (TPSA) is 85.2 Å². The van der Waals surface area contributed by atoms with Crippen molar-refractivity contribution in [3.8, 4) is 0 Å². The molecule has 172 valence electrons. The van der Waals surface area contributed by atoms with E-state index in [-0.39, 0.29) is 12.0 Å². The number of nitrogens with zero attached hydrogens (tertiary/aromatic N) is 1. The average Bonchev–Trinajstić information content (AvgIpc) is 2.70. The standard InChI is InChI=1S/C24H27BrFNO5/c1-13-6-14(2)9-17(8-13)24(30)32-22(21(26)12-27-31-5)20(25)11-18-16(4)7-15(3)10-19(18)23(28)29/h6-10,12,20-22H,11H2,1-5H3,(H,28,29). The van der Waals surface area contributed by atoms with Crippen LogP contribution in [0.5, 0.6) is 0 Å². The molecule has 0 aliphatic rings. The summed E-state index contributed by atoms with van der Waals surface area (Å²) in [6.45, 7) is 7.31. The van der Waals surface area contributed by atoms with Crippen molar-refractivity contribution in [3.05, 3.63) is 69.3 Å². The van der Waals surface area contributed by atoms with Gasteiger partial charge in [-0.05, 0) is 69.0 Å². The Kier molecular flexibility index (Phi) is 8.95. The summed E-state index contributed by atoms with van der Waals surface area (Å²) in [5, 5.41) is 13.1. The predicted molar refractivity (Wildman–Crippen MR) is 125 cm³/mol. The zero-order valence-corrected chi connectivity index (χ0v) is 20.3. The first-order chi connectivity index (χ1) is 15.0. The molecule has 0 amide bonds. The number of aromatic carboxylic acids is 1. The maximum atomic E-state index is 15.0. The Morgan fingerprint density at radius 3 is 2.25 bits per heavy atom. The number of benzene rings is 2. The van der Waals surface area contributed by atoms with Crippen molar-refractivity contribution in [1.82, 2.24) is 0 Å². The zero-order valence-electron chi connectivity index (χ0n) is 18.7. The number of halogens is 2. The van der Waals surface area contributed by atoms with E-state index in [1.54, 1.807) is 25.1 Å². The molecular weight excluding hydrogens is 481 g/mol. The minimum absolute atomic E-state index is 0.125. The minimum Gasteiger partial charge on any atom is -0.478 e. The number of carbonyl (C=O) groups excluding carboxylic acids is 1. The lowest BCUT2D eigenvalue weighted by atomic mass is 9.93. The summed E-state index contributed by atoms with van der Waals surface area (Å²) in [7, 11) is 1.28. The van der Waals surface area contributed by atoms with Crippen molar-refractivity contribution in [2.45, 2.75) is 51.2 Å². The van der Waals surface area contributed by atoms with Crippen molar-refractivity contribution in [2.75, 3.05) is 7.11 Å². The highest BCUT2D eigenvalue weighted by Gasteiger charge is 2.33. The van der Waals surface area contributed by atoms with Crippen LogP contribution in [0.1, 0.15) is 48.5 Å². The molecule has 2 aromatic rings. The van der Waals surface area contributed by atoms with Crippen LogP contribution in [0.15, 0.2) is 35.5 Å². The lowest BCUT2D eigenvalue weighted by Crippen LogP contribution is -2.38. The molecule has 32 heavy (non-hydrogen) atoms. The third kappa shape index (κ3) is 6.63. The predicted octanol–water partition coefficient (Wildman–Crippen LogP) is 5.12. The first-order valence-electron chi connectivity index (χ1n) is 10.0. The van der Waals surface area contributed by atoms with Gasteiger partial charge in [0.15, 0.2) is 12.3 Å². The van der Waals surface area contributed by atoms with Gasteiger partial charge in [0, 0.05) is 0 Å². The molecule has 0 radical (unpaired) electrons. The number of esters is 1. The number of carboxylic acids is 1. The van der Waals surface area contributed by atoms with E-state index in [1.165, 1.54) is 7.11 Å². The first-order valence-corrected chi connectivity index (χ1v) is 10.9. The van der Waals surface area contributed by atoms with Crippen molar-refractivity contribution >= 4 is 34.1 Å². The van der Waals surface area contributed by atoms with Crippen molar-refractivity contribution in [2.24, 2.45) is 5.16 Å². The Morgan fingerprint density at radius 1 is 1.09 bits per heavy atom. The fraction of sp³-hybridized carbons (Fsp3) is 0.375. The molecule has 2 rings (SSSR count). The largest absolute Gasteiger partial charge is 0.478 e. The van der Waals surface area contributed by atoms with Crippen LogP contribution in [-0.4, -0.2) is 47.5 Å². The van der Waals surface area contributed by atoms with Gasteiger partial charge in [0.05, 0.1) is 22.2 Å². The summed E-state index contributed by atoms with van der Waals surface area (Å²) in [4.78, 5) is 28.4. The van der Waals surface area contributed by atoms with E-state index in [4.69, 9.17) is 4.74 Å². The van der Waals surface area contributed by atoms with Gasteiger partial charge >= 0.3 is 11.9 Å². The summed E-state index contributed by atoms with van der Waals surface area (Å²) in [6.07, 6.45) is -2.02. The van der Waals surface area contributed by atoms with Crippen LogP contribution >= 0.6 is 15.9 Å². The van der Waals surface area contributed by atoms with E-state index in [0.717, 1.165) is 28.5 Å². The summed E-state index contributed by atoms with van der Waals surface area (Å²) < 4.78 is 20.6. The molecule has 0 aliphatic carbocycles. The maximum absolute atomic E-state index is 15.0. The molecule has 0 fully saturated rings. The second kappa shape index (κ2) is 11.2. The summed E-state index contributed by atoms with van der Waals surface area (Å²) in [6, 6.07) is 8.67. The van der Waals surface area contributed by atoms with Gasteiger partial charge in [-0.3, -0.25) is 0 Å². The van der Waals surface area contributed by atoms with Crippen molar-refractivity contribution in [3.63, 3.8) is 0 Å². The molecule has 0 aliphatic heterocycles. The molecular formula is C24H27BrFNO5. The zero-order chi connectivity index (χ0) is 24.0. The summed E-state index contributed by atoms with van der Waals surface area (Å²) in [5.41, 5.74) is 4.29. The third-order valence-electron chi connectivity index (χ3n) is 4.93. The van der Waals surface area contributed by atoms with Gasteiger partial charge < -0.3 is 14.7 Å². The minimum atomic E-state index is -1.78. The molecule has 0 spiro atoms. The van der Waals surface area contributed by atoms with E-state index in [0.29, 0.717) is 11.1 Å². The Morgan fingerprint density at radius 2 is 1.69 bits per heavy atom. The Labute approximate surface area is 195 Å². The van der Waals surface area contributed by atoms with Gasteiger partial charge in [0.2, 0.25) is 0 Å². The van der Waals surface area contributed by atoms with E-state index >= 15 is 4.39 Å².